The molecule has 3 nitrogen and oxygen atoms in total. The molecular weight excluding hydrogens is 361 g/mol. The summed E-state index contributed by atoms with van der Waals surface area (Å²) in [7, 11) is -2.17. The highest BCUT2D eigenvalue weighted by atomic mass is 19.2. The van der Waals surface area contributed by atoms with Crippen LogP contribution in [0.5, 0.6) is 5.75 Å². The maximum Gasteiger partial charge on any atom is 0.707 e. The van der Waals surface area contributed by atoms with Gasteiger partial charge in [0.15, 0.2) is 11.6 Å². The Hall–Kier alpha value is -1.14. The van der Waals surface area contributed by atoms with Gasteiger partial charge in [0.05, 0.1) is 0 Å². The summed E-state index contributed by atoms with van der Waals surface area (Å²) in [6.45, 7) is 3.87. The lowest BCUT2D eigenvalue weighted by Crippen LogP contribution is -2.26. The molecule has 0 atom stereocenters. The van der Waals surface area contributed by atoms with Gasteiger partial charge in [-0.1, -0.05) is 32.6 Å². The van der Waals surface area contributed by atoms with E-state index in [9.17, 15) is 8.78 Å². The molecule has 0 saturated heterocycles. The molecule has 0 heterocycles. The van der Waals surface area contributed by atoms with Gasteiger partial charge in [0.2, 0.25) is 0 Å². The third-order valence-electron chi connectivity index (χ3n) is 7.07. The van der Waals surface area contributed by atoms with Crippen molar-refractivity contribution >= 4 is 7.32 Å². The van der Waals surface area contributed by atoms with Crippen molar-refractivity contribution < 1.29 is 23.5 Å². The van der Waals surface area contributed by atoms with E-state index in [1.807, 2.05) is 0 Å². The summed E-state index contributed by atoms with van der Waals surface area (Å²) in [6, 6.07) is 1.61. The summed E-state index contributed by atoms with van der Waals surface area (Å²) in [5.41, 5.74) is 0.790. The maximum absolute atomic E-state index is 14.6. The fourth-order valence-corrected chi connectivity index (χ4v) is 5.57. The molecule has 2 N–H and O–H groups in total. The van der Waals surface area contributed by atoms with Crippen LogP contribution in [0.15, 0.2) is 6.07 Å². The molecule has 6 heteroatoms. The summed E-state index contributed by atoms with van der Waals surface area (Å²) in [5, 5.41) is 17.8. The second-order valence-corrected chi connectivity index (χ2v) is 8.87. The Kier molecular flexibility index (Phi) is 7.38. The lowest BCUT2D eigenvalue weighted by atomic mass is 9.68. The molecule has 0 aliphatic heterocycles. The Morgan fingerprint density at radius 2 is 1.54 bits per heavy atom. The zero-order valence-electron chi connectivity index (χ0n) is 17.1. The monoisotopic (exact) mass is 394 g/mol. The Morgan fingerprint density at radius 1 is 0.964 bits per heavy atom. The van der Waals surface area contributed by atoms with E-state index in [4.69, 9.17) is 10.0 Å². The van der Waals surface area contributed by atoms with Crippen molar-refractivity contribution in [1.82, 2.24) is 0 Å². The van der Waals surface area contributed by atoms with Gasteiger partial charge in [0, 0.05) is 0 Å². The number of aryl methyl sites for hydroxylation is 1. The SMILES string of the molecule is CCCC1CCC(C2CCC(c3cc(C)c(OB(O)O)c(F)c3F)CC2)CC1. The summed E-state index contributed by atoms with van der Waals surface area (Å²) < 4.78 is 33.6. The molecule has 0 unspecified atom stereocenters. The Labute approximate surface area is 167 Å². The van der Waals surface area contributed by atoms with E-state index in [2.05, 4.69) is 11.6 Å². The highest BCUT2D eigenvalue weighted by molar-refractivity contribution is 6.33. The van der Waals surface area contributed by atoms with Crippen molar-refractivity contribution in [3.05, 3.63) is 28.8 Å². The smallest absolute Gasteiger partial charge is 0.509 e. The van der Waals surface area contributed by atoms with Crippen molar-refractivity contribution in [1.29, 1.82) is 0 Å². The third-order valence-corrected chi connectivity index (χ3v) is 7.07. The third kappa shape index (κ3) is 4.88. The molecule has 2 saturated carbocycles. The van der Waals surface area contributed by atoms with E-state index < -0.39 is 24.7 Å². The first-order valence-corrected chi connectivity index (χ1v) is 10.9. The van der Waals surface area contributed by atoms with Crippen LogP contribution in [0.25, 0.3) is 0 Å². The molecule has 0 bridgehead atoms. The van der Waals surface area contributed by atoms with E-state index in [1.54, 1.807) is 13.0 Å². The molecule has 156 valence electrons. The number of hydrogen-bond acceptors (Lipinski definition) is 3. The fourth-order valence-electron chi connectivity index (χ4n) is 5.57. The van der Waals surface area contributed by atoms with Crippen molar-refractivity contribution in [2.45, 2.75) is 84.0 Å². The quantitative estimate of drug-likeness (QED) is 0.627. The number of rotatable bonds is 6. The standard InChI is InChI=1S/C22H33BF2O3/c1-3-4-15-5-7-16(8-6-15)17-9-11-18(12-10-17)19-13-14(2)22(28-23(26)27)21(25)20(19)24/h13,15-18,26-27H,3-12H2,1-2H3. The van der Waals surface area contributed by atoms with Crippen LogP contribution in [0.1, 0.15) is 88.2 Å². The highest BCUT2D eigenvalue weighted by Gasteiger charge is 2.33. The Balaban J connectivity index is 1.61. The summed E-state index contributed by atoms with van der Waals surface area (Å²) >= 11 is 0. The normalized spacial score (nSPS) is 28.2. The molecule has 2 aliphatic rings. The largest absolute Gasteiger partial charge is 0.707 e. The molecule has 0 amide bonds. The number of hydrogen-bond donors (Lipinski definition) is 2. The average molecular weight is 394 g/mol. The zero-order valence-corrected chi connectivity index (χ0v) is 17.1. The van der Waals surface area contributed by atoms with Gasteiger partial charge in [-0.25, -0.2) is 4.39 Å². The highest BCUT2D eigenvalue weighted by Crippen LogP contribution is 2.45. The second-order valence-electron chi connectivity index (χ2n) is 8.87. The molecule has 0 radical (unpaired) electrons. The zero-order chi connectivity index (χ0) is 20.3. The first kappa shape index (κ1) is 21.6. The molecule has 3 rings (SSSR count). The lowest BCUT2D eigenvalue weighted by Gasteiger charge is -2.38. The molecule has 28 heavy (non-hydrogen) atoms. The minimum Gasteiger partial charge on any atom is -0.509 e. The van der Waals surface area contributed by atoms with Gasteiger partial charge in [-0.2, -0.15) is 4.39 Å². The molecule has 1 aromatic carbocycles. The molecular formula is C22H33BF2O3. The molecule has 2 fully saturated rings. The van der Waals surface area contributed by atoms with Gasteiger partial charge in [-0.05, 0) is 86.3 Å². The van der Waals surface area contributed by atoms with Crippen LogP contribution in [-0.4, -0.2) is 17.4 Å². The maximum atomic E-state index is 14.6. The van der Waals surface area contributed by atoms with Crippen molar-refractivity contribution in [3.8, 4) is 5.75 Å². The van der Waals surface area contributed by atoms with E-state index in [1.165, 1.54) is 38.5 Å². The van der Waals surface area contributed by atoms with Crippen molar-refractivity contribution in [3.63, 3.8) is 0 Å². The van der Waals surface area contributed by atoms with E-state index >= 15 is 0 Å². The van der Waals surface area contributed by atoms with Crippen LogP contribution in [0.3, 0.4) is 0 Å². The van der Waals surface area contributed by atoms with Crippen LogP contribution in [0.2, 0.25) is 0 Å². The predicted molar refractivity (Wildman–Crippen MR) is 107 cm³/mol. The van der Waals surface area contributed by atoms with Crippen LogP contribution in [0.4, 0.5) is 8.78 Å². The molecule has 1 aromatic rings. The summed E-state index contributed by atoms with van der Waals surface area (Å²) in [6.07, 6.45) is 12.0. The lowest BCUT2D eigenvalue weighted by molar-refractivity contribution is 0.155. The van der Waals surface area contributed by atoms with Gasteiger partial charge >= 0.3 is 7.32 Å². The van der Waals surface area contributed by atoms with Crippen LogP contribution in [-0.2, 0) is 0 Å². The Morgan fingerprint density at radius 3 is 2.07 bits per heavy atom. The molecule has 2 aliphatic carbocycles. The van der Waals surface area contributed by atoms with Gasteiger partial charge in [-0.3, -0.25) is 0 Å². The van der Waals surface area contributed by atoms with Gasteiger partial charge in [0.1, 0.15) is 5.75 Å². The minimum absolute atomic E-state index is 0.0222. The topological polar surface area (TPSA) is 49.7 Å². The van der Waals surface area contributed by atoms with E-state index in [-0.39, 0.29) is 5.92 Å². The summed E-state index contributed by atoms with van der Waals surface area (Å²) in [5.74, 6) is 0.00183. The van der Waals surface area contributed by atoms with Gasteiger partial charge in [0.25, 0.3) is 0 Å². The van der Waals surface area contributed by atoms with Gasteiger partial charge < -0.3 is 14.7 Å². The fraction of sp³-hybridized carbons (Fsp3) is 0.727. The molecule has 0 spiro atoms. The van der Waals surface area contributed by atoms with Gasteiger partial charge in [-0.15, -0.1) is 0 Å². The first-order chi connectivity index (χ1) is 13.4. The van der Waals surface area contributed by atoms with Crippen molar-refractivity contribution in [2.24, 2.45) is 17.8 Å². The average Bonchev–Trinajstić information content (AvgIpc) is 2.69. The number of halogens is 2. The van der Waals surface area contributed by atoms with E-state index in [0.29, 0.717) is 11.1 Å². The summed E-state index contributed by atoms with van der Waals surface area (Å²) in [4.78, 5) is 0. The molecule has 0 aromatic heterocycles. The first-order valence-electron chi connectivity index (χ1n) is 10.9. The van der Waals surface area contributed by atoms with Crippen LogP contribution >= 0.6 is 0 Å². The predicted octanol–water partition coefficient (Wildman–Crippen LogP) is 5.50. The van der Waals surface area contributed by atoms with E-state index in [0.717, 1.165) is 43.4 Å². The van der Waals surface area contributed by atoms with Crippen LogP contribution in [0, 0.1) is 36.3 Å². The van der Waals surface area contributed by atoms with Crippen LogP contribution < -0.4 is 4.65 Å². The second kappa shape index (κ2) is 9.58. The minimum atomic E-state index is -2.17. The Bertz CT molecular complexity index is 652. The number of benzene rings is 1. The van der Waals surface area contributed by atoms with Crippen molar-refractivity contribution in [2.75, 3.05) is 0 Å².